The molecule has 1 aliphatic carbocycles. The van der Waals surface area contributed by atoms with Crippen molar-refractivity contribution in [1.29, 1.82) is 0 Å². The van der Waals surface area contributed by atoms with Crippen LogP contribution < -0.4 is 4.74 Å². The highest BCUT2D eigenvalue weighted by Gasteiger charge is 2.37. The monoisotopic (exact) mass is 394 g/mol. The molecule has 0 aromatic heterocycles. The van der Waals surface area contributed by atoms with Gasteiger partial charge < -0.3 is 9.84 Å². The van der Waals surface area contributed by atoms with Crippen molar-refractivity contribution in [3.63, 3.8) is 0 Å². The van der Waals surface area contributed by atoms with Gasteiger partial charge in [-0.25, -0.2) is 0 Å². The van der Waals surface area contributed by atoms with Gasteiger partial charge in [0.15, 0.2) is 0 Å². The van der Waals surface area contributed by atoms with Gasteiger partial charge in [-0.3, -0.25) is 4.79 Å². The van der Waals surface area contributed by atoms with Crippen LogP contribution in [0.1, 0.15) is 44.1 Å². The minimum atomic E-state index is -4.48. The average molecular weight is 395 g/mol. The number of carbonyl (C=O) groups is 1. The summed E-state index contributed by atoms with van der Waals surface area (Å²) < 4.78 is 45.0. The summed E-state index contributed by atoms with van der Waals surface area (Å²) in [7, 11) is 0. The molecule has 1 aliphatic rings. The molecule has 1 aromatic rings. The van der Waals surface area contributed by atoms with E-state index in [2.05, 4.69) is 15.9 Å². The maximum absolute atomic E-state index is 13.1. The molecule has 0 saturated heterocycles. The number of benzene rings is 1. The Morgan fingerprint density at radius 2 is 1.91 bits per heavy atom. The van der Waals surface area contributed by atoms with Gasteiger partial charge >= 0.3 is 12.1 Å². The van der Waals surface area contributed by atoms with E-state index in [1.54, 1.807) is 0 Å². The number of aliphatic carboxylic acids is 1. The van der Waals surface area contributed by atoms with E-state index in [0.717, 1.165) is 12.8 Å². The topological polar surface area (TPSA) is 46.5 Å². The smallest absolute Gasteiger partial charge is 0.421 e. The number of carboxylic acids is 1. The van der Waals surface area contributed by atoms with Gasteiger partial charge in [-0.2, -0.15) is 13.2 Å². The zero-order chi connectivity index (χ0) is 17.0. The molecule has 2 rings (SSSR count). The van der Waals surface area contributed by atoms with Gasteiger partial charge in [0, 0.05) is 10.9 Å². The minimum Gasteiger partial charge on any atom is -0.490 e. The molecule has 3 nitrogen and oxygen atoms in total. The molecular weight excluding hydrogens is 377 g/mol. The number of carboxylic acid groups (broad SMARTS) is 1. The molecule has 0 bridgehead atoms. The Hall–Kier alpha value is -1.24. The van der Waals surface area contributed by atoms with Crippen LogP contribution in [0.25, 0.3) is 0 Å². The molecule has 0 spiro atoms. The number of alkyl halides is 3. The Morgan fingerprint density at radius 3 is 2.48 bits per heavy atom. The first kappa shape index (κ1) is 18.1. The van der Waals surface area contributed by atoms with Crippen molar-refractivity contribution in [3.8, 4) is 5.75 Å². The summed E-state index contributed by atoms with van der Waals surface area (Å²) >= 11 is 2.94. The van der Waals surface area contributed by atoms with Crippen molar-refractivity contribution in [3.05, 3.63) is 28.2 Å². The predicted molar refractivity (Wildman–Crippen MR) is 82.4 cm³/mol. The van der Waals surface area contributed by atoms with Crippen molar-refractivity contribution in [2.24, 2.45) is 5.92 Å². The second-order valence-electron chi connectivity index (χ2n) is 5.80. The van der Waals surface area contributed by atoms with Gasteiger partial charge in [-0.1, -0.05) is 22.0 Å². The summed E-state index contributed by atoms with van der Waals surface area (Å²) in [5.41, 5.74) is -0.784. The quantitative estimate of drug-likeness (QED) is 0.739. The maximum Gasteiger partial charge on any atom is 0.421 e. The third-order valence-electron chi connectivity index (χ3n) is 4.11. The van der Waals surface area contributed by atoms with Crippen molar-refractivity contribution >= 4 is 21.9 Å². The first-order valence-electron chi connectivity index (χ1n) is 7.51. The Kier molecular flexibility index (Phi) is 5.95. The van der Waals surface area contributed by atoms with Crippen LogP contribution in [0.2, 0.25) is 0 Å². The highest BCUT2D eigenvalue weighted by atomic mass is 79.9. The molecule has 0 unspecified atom stereocenters. The second-order valence-corrected chi connectivity index (χ2v) is 6.66. The molecule has 23 heavy (non-hydrogen) atoms. The summed E-state index contributed by atoms with van der Waals surface area (Å²) in [5.74, 6) is -0.649. The predicted octanol–water partition coefficient (Wildman–Crippen LogP) is 5.27. The van der Waals surface area contributed by atoms with Crippen molar-refractivity contribution in [1.82, 2.24) is 0 Å². The van der Waals surface area contributed by atoms with Crippen LogP contribution in [-0.4, -0.2) is 17.2 Å². The molecule has 1 aromatic carbocycles. The van der Waals surface area contributed by atoms with E-state index in [0.29, 0.717) is 25.2 Å². The molecule has 1 N–H and O–H groups in total. The molecule has 1 saturated carbocycles. The molecule has 0 radical (unpaired) electrons. The molecule has 0 aliphatic heterocycles. The summed E-state index contributed by atoms with van der Waals surface area (Å²) in [6.07, 6.45) is -1.12. The van der Waals surface area contributed by atoms with Crippen LogP contribution in [0.4, 0.5) is 13.2 Å². The number of hydrogen-bond acceptors (Lipinski definition) is 2. The fourth-order valence-corrected chi connectivity index (χ4v) is 3.50. The Balaban J connectivity index is 1.97. The van der Waals surface area contributed by atoms with E-state index in [4.69, 9.17) is 9.84 Å². The summed E-state index contributed by atoms with van der Waals surface area (Å²) in [6.45, 7) is 0. The lowest BCUT2D eigenvalue weighted by Crippen LogP contribution is -2.25. The minimum absolute atomic E-state index is 0.0300. The fraction of sp³-hybridized carbons (Fsp3) is 0.562. The highest BCUT2D eigenvalue weighted by Crippen LogP contribution is 2.42. The molecular formula is C16H18BrF3O3. The van der Waals surface area contributed by atoms with E-state index in [9.17, 15) is 18.0 Å². The third-order valence-corrected chi connectivity index (χ3v) is 4.77. The molecule has 0 amide bonds. The van der Waals surface area contributed by atoms with Gasteiger partial charge in [0.1, 0.15) is 11.3 Å². The van der Waals surface area contributed by atoms with Gasteiger partial charge in [0.2, 0.25) is 0 Å². The lowest BCUT2D eigenvalue weighted by molar-refractivity contribution is -0.140. The Morgan fingerprint density at radius 1 is 1.26 bits per heavy atom. The number of rotatable bonds is 5. The van der Waals surface area contributed by atoms with Gasteiger partial charge in [0.25, 0.3) is 0 Å². The standard InChI is InChI=1S/C16H18BrF3O3/c17-12-2-1-3-13(15(12)16(18,19)20)23-11-7-4-10(5-8-11)6-9-14(21)22/h1-3,10-11H,4-9H2,(H,21,22). The summed E-state index contributed by atoms with van der Waals surface area (Å²) in [5, 5.41) is 8.69. The zero-order valence-electron chi connectivity index (χ0n) is 12.4. The van der Waals surface area contributed by atoms with Crippen molar-refractivity contribution in [2.45, 2.75) is 50.8 Å². The first-order valence-corrected chi connectivity index (χ1v) is 8.31. The van der Waals surface area contributed by atoms with E-state index in [-0.39, 0.29) is 22.7 Å². The number of halogens is 4. The second kappa shape index (κ2) is 7.55. The van der Waals surface area contributed by atoms with Crippen molar-refractivity contribution in [2.75, 3.05) is 0 Å². The van der Waals surface area contributed by atoms with E-state index >= 15 is 0 Å². The largest absolute Gasteiger partial charge is 0.490 e. The van der Waals surface area contributed by atoms with E-state index < -0.39 is 17.7 Å². The van der Waals surface area contributed by atoms with Crippen molar-refractivity contribution < 1.29 is 27.8 Å². The van der Waals surface area contributed by atoms with E-state index in [1.165, 1.54) is 18.2 Å². The zero-order valence-corrected chi connectivity index (χ0v) is 14.0. The molecule has 1 fully saturated rings. The van der Waals surface area contributed by atoms with E-state index in [1.807, 2.05) is 0 Å². The van der Waals surface area contributed by atoms with Crippen LogP contribution in [0.5, 0.6) is 5.75 Å². The summed E-state index contributed by atoms with van der Waals surface area (Å²) in [6, 6.07) is 4.20. The number of ether oxygens (including phenoxy) is 1. The van der Waals surface area contributed by atoms with Crippen LogP contribution >= 0.6 is 15.9 Å². The normalized spacial score (nSPS) is 21.9. The first-order chi connectivity index (χ1) is 10.8. The highest BCUT2D eigenvalue weighted by molar-refractivity contribution is 9.10. The van der Waals surface area contributed by atoms with Gasteiger partial charge in [0.05, 0.1) is 6.10 Å². The Labute approximate surface area is 141 Å². The molecule has 7 heteroatoms. The SMILES string of the molecule is O=C(O)CCC1CCC(Oc2cccc(Br)c2C(F)(F)F)CC1. The van der Waals surface area contributed by atoms with Crippen LogP contribution in [0.3, 0.4) is 0 Å². The molecule has 0 atom stereocenters. The number of hydrogen-bond donors (Lipinski definition) is 1. The lowest BCUT2D eigenvalue weighted by Gasteiger charge is -2.29. The fourth-order valence-electron chi connectivity index (χ4n) is 2.92. The maximum atomic E-state index is 13.1. The average Bonchev–Trinajstić information content (AvgIpc) is 2.45. The van der Waals surface area contributed by atoms with Crippen LogP contribution in [0, 0.1) is 5.92 Å². The van der Waals surface area contributed by atoms with Gasteiger partial charge in [-0.15, -0.1) is 0 Å². The lowest BCUT2D eigenvalue weighted by atomic mass is 9.84. The summed E-state index contributed by atoms with van der Waals surface area (Å²) in [4.78, 5) is 10.6. The molecule has 128 valence electrons. The van der Waals surface area contributed by atoms with Gasteiger partial charge in [-0.05, 0) is 50.2 Å². The van der Waals surface area contributed by atoms with Crippen LogP contribution in [-0.2, 0) is 11.0 Å². The third kappa shape index (κ3) is 5.12. The Bertz CT molecular complexity index is 552. The molecule has 0 heterocycles. The van der Waals surface area contributed by atoms with Crippen LogP contribution in [0.15, 0.2) is 22.7 Å².